The van der Waals surface area contributed by atoms with Gasteiger partial charge in [-0.05, 0) is 16.6 Å². The Hall–Kier alpha value is -1.87. The highest BCUT2D eigenvalue weighted by Gasteiger charge is 2.05. The molecule has 0 unspecified atom stereocenters. The van der Waals surface area contributed by atoms with Gasteiger partial charge in [-0.15, -0.1) is 0 Å². The van der Waals surface area contributed by atoms with Crippen molar-refractivity contribution >= 4 is 37.8 Å². The van der Waals surface area contributed by atoms with Crippen LogP contribution < -0.4 is 10.5 Å². The van der Waals surface area contributed by atoms with E-state index in [9.17, 15) is 4.79 Å². The van der Waals surface area contributed by atoms with Crippen molar-refractivity contribution in [2.75, 3.05) is 5.32 Å². The molecule has 3 heteroatoms. The van der Waals surface area contributed by atoms with Crippen LogP contribution in [-0.2, 0) is 4.79 Å². The monoisotopic (exact) mass is 224 g/mol. The average molecular weight is 224 g/mol. The van der Waals surface area contributed by atoms with Gasteiger partial charge in [-0.1, -0.05) is 43.0 Å². The summed E-state index contributed by atoms with van der Waals surface area (Å²) in [6.07, 6.45) is 1.26. The molecule has 0 atom stereocenters. The first-order valence-electron chi connectivity index (χ1n) is 4.89. The van der Waals surface area contributed by atoms with Crippen molar-refractivity contribution < 1.29 is 4.79 Å². The number of anilines is 1. The molecular formula is C13H10NOSi. The van der Waals surface area contributed by atoms with Crippen LogP contribution in [0.4, 0.5) is 5.69 Å². The normalized spacial score (nSPS) is 10.1. The number of rotatable bonds is 2. The highest BCUT2D eigenvalue weighted by atomic mass is 28.1. The van der Waals surface area contributed by atoms with E-state index < -0.39 is 0 Å². The first kappa shape index (κ1) is 10.6. The van der Waals surface area contributed by atoms with Gasteiger partial charge in [0, 0.05) is 11.1 Å². The molecule has 0 heterocycles. The van der Waals surface area contributed by atoms with Gasteiger partial charge in [-0.2, -0.15) is 0 Å². The third-order valence-corrected chi connectivity index (χ3v) is 2.78. The molecule has 2 rings (SSSR count). The molecule has 0 aliphatic rings. The van der Waals surface area contributed by atoms with Crippen LogP contribution in [0.5, 0.6) is 0 Å². The molecule has 0 aromatic heterocycles. The Labute approximate surface area is 97.4 Å². The first-order valence-corrected chi connectivity index (χ1v) is 5.39. The molecule has 1 N–H and O–H groups in total. The van der Waals surface area contributed by atoms with Crippen molar-refractivity contribution in [2.24, 2.45) is 0 Å². The lowest BCUT2D eigenvalue weighted by molar-refractivity contribution is -0.111. The summed E-state index contributed by atoms with van der Waals surface area (Å²) in [6.45, 7) is 3.44. The number of carbonyl (C=O) groups is 1. The van der Waals surface area contributed by atoms with Crippen LogP contribution in [0.1, 0.15) is 0 Å². The lowest BCUT2D eigenvalue weighted by Crippen LogP contribution is -2.16. The van der Waals surface area contributed by atoms with Gasteiger partial charge in [-0.25, -0.2) is 0 Å². The summed E-state index contributed by atoms with van der Waals surface area (Å²) in [5, 5.41) is 5.74. The fourth-order valence-corrected chi connectivity index (χ4v) is 1.86. The van der Waals surface area contributed by atoms with E-state index in [1.807, 2.05) is 36.4 Å². The number of carbonyl (C=O) groups excluding carboxylic acids is 1. The molecule has 0 fully saturated rings. The van der Waals surface area contributed by atoms with Gasteiger partial charge >= 0.3 is 0 Å². The third kappa shape index (κ3) is 1.90. The smallest absolute Gasteiger partial charge is 0.247 e. The van der Waals surface area contributed by atoms with Gasteiger partial charge in [-0.3, -0.25) is 4.79 Å². The maximum atomic E-state index is 11.3. The highest BCUT2D eigenvalue weighted by Crippen LogP contribution is 2.20. The second-order valence-electron chi connectivity index (χ2n) is 3.40. The summed E-state index contributed by atoms with van der Waals surface area (Å²) in [7, 11) is 3.48. The standard InChI is InChI=1S/C13H10NOSi/c1-2-12(15)14-13-10-6-4-3-5-9(10)7-8-11(13)16/h2-8H,1H2,(H,14,15). The Balaban J connectivity index is 2.61. The second-order valence-corrected chi connectivity index (χ2v) is 3.94. The lowest BCUT2D eigenvalue weighted by atomic mass is 10.1. The highest BCUT2D eigenvalue weighted by molar-refractivity contribution is 6.38. The maximum Gasteiger partial charge on any atom is 0.247 e. The van der Waals surface area contributed by atoms with Crippen molar-refractivity contribution in [1.29, 1.82) is 0 Å². The van der Waals surface area contributed by atoms with Crippen molar-refractivity contribution in [3.63, 3.8) is 0 Å². The van der Waals surface area contributed by atoms with Crippen LogP contribution in [0.3, 0.4) is 0 Å². The number of benzene rings is 2. The number of hydrogen-bond donors (Lipinski definition) is 1. The zero-order chi connectivity index (χ0) is 11.5. The summed E-state index contributed by atoms with van der Waals surface area (Å²) in [5.74, 6) is -0.212. The molecule has 3 radical (unpaired) electrons. The first-order chi connectivity index (χ1) is 7.72. The lowest BCUT2D eigenvalue weighted by Gasteiger charge is -2.10. The van der Waals surface area contributed by atoms with Gasteiger partial charge in [0.05, 0.1) is 10.2 Å². The van der Waals surface area contributed by atoms with Gasteiger partial charge < -0.3 is 5.32 Å². The zero-order valence-corrected chi connectivity index (χ0v) is 9.66. The van der Waals surface area contributed by atoms with Crippen LogP contribution >= 0.6 is 0 Å². The molecule has 77 valence electrons. The fraction of sp³-hybridized carbons (Fsp3) is 0. The van der Waals surface area contributed by atoms with E-state index in [-0.39, 0.29) is 5.91 Å². The number of nitrogens with one attached hydrogen (secondary N) is 1. The van der Waals surface area contributed by atoms with Crippen molar-refractivity contribution in [1.82, 2.24) is 0 Å². The van der Waals surface area contributed by atoms with E-state index in [2.05, 4.69) is 22.1 Å². The predicted molar refractivity (Wildman–Crippen MR) is 68.2 cm³/mol. The summed E-state index contributed by atoms with van der Waals surface area (Å²) < 4.78 is 0. The van der Waals surface area contributed by atoms with E-state index >= 15 is 0 Å². The fourth-order valence-electron chi connectivity index (χ4n) is 1.58. The summed E-state index contributed by atoms with van der Waals surface area (Å²) in [4.78, 5) is 11.3. The Bertz CT molecular complexity index is 563. The van der Waals surface area contributed by atoms with Gasteiger partial charge in [0.2, 0.25) is 5.91 Å². The van der Waals surface area contributed by atoms with Crippen molar-refractivity contribution in [3.05, 3.63) is 49.1 Å². The average Bonchev–Trinajstić information content (AvgIpc) is 2.32. The van der Waals surface area contributed by atoms with Crippen LogP contribution in [0, 0.1) is 0 Å². The molecule has 1 amide bonds. The predicted octanol–water partition coefficient (Wildman–Crippen LogP) is 1.76. The summed E-state index contributed by atoms with van der Waals surface area (Å²) in [5.41, 5.74) is 0.777. The third-order valence-electron chi connectivity index (χ3n) is 2.36. The van der Waals surface area contributed by atoms with Crippen molar-refractivity contribution in [2.45, 2.75) is 0 Å². The topological polar surface area (TPSA) is 29.1 Å². The second kappa shape index (κ2) is 4.33. The van der Waals surface area contributed by atoms with Crippen molar-refractivity contribution in [3.8, 4) is 0 Å². The molecule has 0 saturated carbocycles. The van der Waals surface area contributed by atoms with E-state index in [0.717, 1.165) is 21.6 Å². The molecule has 0 aliphatic carbocycles. The molecule has 2 aromatic carbocycles. The molecule has 0 aliphatic heterocycles. The Morgan fingerprint density at radius 2 is 2.00 bits per heavy atom. The molecule has 2 aromatic rings. The Morgan fingerprint density at radius 3 is 2.75 bits per heavy atom. The van der Waals surface area contributed by atoms with Gasteiger partial charge in [0.25, 0.3) is 0 Å². The number of amides is 1. The Kier molecular flexibility index (Phi) is 2.88. The minimum Gasteiger partial charge on any atom is -0.322 e. The molecule has 0 saturated heterocycles. The number of fused-ring (bicyclic) bond motifs is 1. The SMILES string of the molecule is C=CC(=O)Nc1c([Si])ccc2ccccc12. The minimum absolute atomic E-state index is 0.212. The van der Waals surface area contributed by atoms with Gasteiger partial charge in [0.1, 0.15) is 0 Å². The molecular weight excluding hydrogens is 214 g/mol. The quantitative estimate of drug-likeness (QED) is 0.611. The number of hydrogen-bond acceptors (Lipinski definition) is 1. The van der Waals surface area contributed by atoms with Crippen LogP contribution in [0.25, 0.3) is 10.8 Å². The zero-order valence-electron chi connectivity index (χ0n) is 8.66. The van der Waals surface area contributed by atoms with E-state index in [1.54, 1.807) is 0 Å². The summed E-state index contributed by atoms with van der Waals surface area (Å²) in [6, 6.07) is 11.8. The van der Waals surface area contributed by atoms with Crippen LogP contribution in [0.2, 0.25) is 0 Å². The Morgan fingerprint density at radius 1 is 1.25 bits per heavy atom. The van der Waals surface area contributed by atoms with Crippen LogP contribution in [0.15, 0.2) is 49.1 Å². The van der Waals surface area contributed by atoms with E-state index in [0.29, 0.717) is 0 Å². The maximum absolute atomic E-state index is 11.3. The van der Waals surface area contributed by atoms with E-state index in [1.165, 1.54) is 6.08 Å². The molecule has 0 bridgehead atoms. The largest absolute Gasteiger partial charge is 0.322 e. The van der Waals surface area contributed by atoms with Gasteiger partial charge in [0.15, 0.2) is 0 Å². The van der Waals surface area contributed by atoms with E-state index in [4.69, 9.17) is 0 Å². The molecule has 16 heavy (non-hydrogen) atoms. The summed E-state index contributed by atoms with van der Waals surface area (Å²) >= 11 is 0. The molecule has 2 nitrogen and oxygen atoms in total. The minimum atomic E-state index is -0.212. The molecule has 0 spiro atoms. The van der Waals surface area contributed by atoms with Crippen LogP contribution in [-0.4, -0.2) is 16.1 Å².